The number of ether oxygens (including phenoxy) is 1. The van der Waals surface area contributed by atoms with Crippen LogP contribution in [0.2, 0.25) is 0 Å². The molecular formula is C27H31FN4O4. The van der Waals surface area contributed by atoms with Gasteiger partial charge in [0.05, 0.1) is 11.3 Å². The predicted octanol–water partition coefficient (Wildman–Crippen LogP) is 6.30. The molecule has 2 aromatic carbocycles. The minimum atomic E-state index is -0.523. The number of nitrogens with zero attached hydrogens (tertiary/aromatic N) is 2. The molecule has 190 valence electrons. The lowest BCUT2D eigenvalue weighted by atomic mass is 10.1. The van der Waals surface area contributed by atoms with E-state index >= 15 is 0 Å². The fourth-order valence-electron chi connectivity index (χ4n) is 3.65. The molecule has 1 amide bonds. The van der Waals surface area contributed by atoms with Gasteiger partial charge in [0.25, 0.3) is 11.5 Å². The van der Waals surface area contributed by atoms with Crippen LogP contribution < -0.4 is 20.9 Å². The molecule has 0 aliphatic heterocycles. The van der Waals surface area contributed by atoms with E-state index in [-0.39, 0.29) is 45.9 Å². The topological polar surface area (TPSA) is 102 Å². The van der Waals surface area contributed by atoms with Crippen molar-refractivity contribution in [3.05, 3.63) is 79.7 Å². The van der Waals surface area contributed by atoms with Crippen LogP contribution in [0.5, 0.6) is 11.5 Å². The summed E-state index contributed by atoms with van der Waals surface area (Å²) in [6.45, 7) is 8.98. The molecule has 1 aliphatic rings. The Balaban J connectivity index is 0.00000176. The summed E-state index contributed by atoms with van der Waals surface area (Å²) < 4.78 is 22.0. The second-order valence-corrected chi connectivity index (χ2v) is 8.49. The molecular weight excluding hydrogens is 463 g/mol. The molecule has 8 nitrogen and oxygen atoms in total. The van der Waals surface area contributed by atoms with Gasteiger partial charge >= 0.3 is 0 Å². The van der Waals surface area contributed by atoms with Crippen molar-refractivity contribution in [3.8, 4) is 11.5 Å². The number of carbonyl (C=O) groups excluding carboxylic acids is 1. The second-order valence-electron chi connectivity index (χ2n) is 8.49. The van der Waals surface area contributed by atoms with Gasteiger partial charge < -0.3 is 15.4 Å². The molecule has 3 aromatic rings. The number of halogens is 1. The maximum absolute atomic E-state index is 14.7. The normalized spacial score (nSPS) is 12.3. The van der Waals surface area contributed by atoms with Crippen molar-refractivity contribution in [2.75, 3.05) is 5.32 Å². The summed E-state index contributed by atoms with van der Waals surface area (Å²) in [7, 11) is 1.50. The summed E-state index contributed by atoms with van der Waals surface area (Å²) >= 11 is 0. The smallest absolute Gasteiger partial charge is 0.259 e. The summed E-state index contributed by atoms with van der Waals surface area (Å²) in [5, 5.41) is 8.83. The number of hydrogen-bond acceptors (Lipinski definition) is 6. The monoisotopic (exact) mass is 494 g/mol. The number of pyridine rings is 1. The fourth-order valence-corrected chi connectivity index (χ4v) is 3.65. The molecule has 36 heavy (non-hydrogen) atoms. The zero-order valence-electron chi connectivity index (χ0n) is 21.4. The van der Waals surface area contributed by atoms with Gasteiger partial charge in [-0.2, -0.15) is 0 Å². The highest BCUT2D eigenvalue weighted by atomic mass is 19.1. The SMILES string of the molecule is CC.Cc1ccc(Nc2c(C(=O)NC3CC3)c(Oc3cccc(N=O)c3C)c(C)c(=O)n2C)c(F)c1. The van der Waals surface area contributed by atoms with Crippen molar-refractivity contribution in [1.82, 2.24) is 9.88 Å². The van der Waals surface area contributed by atoms with Crippen molar-refractivity contribution in [1.29, 1.82) is 0 Å². The number of aryl methyl sites for hydroxylation is 1. The summed E-state index contributed by atoms with van der Waals surface area (Å²) in [6, 6.07) is 9.42. The van der Waals surface area contributed by atoms with Gasteiger partial charge in [-0.15, -0.1) is 4.91 Å². The highest BCUT2D eigenvalue weighted by Gasteiger charge is 2.31. The number of hydrogen-bond donors (Lipinski definition) is 2. The number of amides is 1. The third-order valence-corrected chi connectivity index (χ3v) is 5.85. The van der Waals surface area contributed by atoms with E-state index in [1.165, 1.54) is 17.7 Å². The Morgan fingerprint density at radius 1 is 1.11 bits per heavy atom. The molecule has 4 rings (SSSR count). The van der Waals surface area contributed by atoms with Crippen molar-refractivity contribution in [2.45, 2.75) is 53.5 Å². The molecule has 1 aliphatic carbocycles. The third-order valence-electron chi connectivity index (χ3n) is 5.85. The Bertz CT molecular complexity index is 1360. The number of rotatable bonds is 7. The number of anilines is 2. The van der Waals surface area contributed by atoms with Gasteiger partial charge in [0, 0.05) is 18.7 Å². The first-order valence-corrected chi connectivity index (χ1v) is 11.9. The van der Waals surface area contributed by atoms with Crippen LogP contribution in [0.25, 0.3) is 0 Å². The number of nitroso groups, excluding NO2 is 1. The van der Waals surface area contributed by atoms with Gasteiger partial charge in [-0.3, -0.25) is 14.2 Å². The second kappa shape index (κ2) is 11.2. The Hall–Kier alpha value is -4.01. The standard InChI is InChI=1S/C25H25FN4O4.C2H6/c1-13-8-11-19(17(26)12-13)28-23-21(24(31)27-16-9-10-16)22(15(3)25(32)30(23)4)34-20-7-5-6-18(29-33)14(20)2;1-2/h5-8,11-12,16,28H,9-10H2,1-4H3,(H,27,31);1-2H3. The van der Waals surface area contributed by atoms with Gasteiger partial charge in [-0.25, -0.2) is 4.39 Å². The van der Waals surface area contributed by atoms with E-state index in [4.69, 9.17) is 4.74 Å². The van der Waals surface area contributed by atoms with E-state index in [0.717, 1.165) is 18.4 Å². The minimum absolute atomic E-state index is 0.0300. The van der Waals surface area contributed by atoms with E-state index in [9.17, 15) is 18.9 Å². The lowest BCUT2D eigenvalue weighted by Crippen LogP contribution is -2.31. The molecule has 2 N–H and O–H groups in total. The van der Waals surface area contributed by atoms with Crippen LogP contribution >= 0.6 is 0 Å². The first-order valence-electron chi connectivity index (χ1n) is 11.9. The largest absolute Gasteiger partial charge is 0.456 e. The molecule has 0 bridgehead atoms. The van der Waals surface area contributed by atoms with Crippen molar-refractivity contribution >= 4 is 23.1 Å². The van der Waals surface area contributed by atoms with Crippen molar-refractivity contribution < 1.29 is 13.9 Å². The average Bonchev–Trinajstić information content (AvgIpc) is 3.68. The van der Waals surface area contributed by atoms with E-state index < -0.39 is 17.3 Å². The van der Waals surface area contributed by atoms with E-state index in [0.29, 0.717) is 5.56 Å². The molecule has 1 heterocycles. The first kappa shape index (κ1) is 26.6. The maximum atomic E-state index is 14.7. The number of carbonyl (C=O) groups is 1. The van der Waals surface area contributed by atoms with Crippen LogP contribution in [0.3, 0.4) is 0 Å². The summed E-state index contributed by atoms with van der Waals surface area (Å²) in [5.74, 6) is -0.573. The van der Waals surface area contributed by atoms with E-state index in [1.807, 2.05) is 13.8 Å². The molecule has 0 spiro atoms. The zero-order valence-corrected chi connectivity index (χ0v) is 21.4. The maximum Gasteiger partial charge on any atom is 0.259 e. The van der Waals surface area contributed by atoms with Crippen molar-refractivity contribution in [2.24, 2.45) is 12.2 Å². The predicted molar refractivity (Wildman–Crippen MR) is 139 cm³/mol. The Morgan fingerprint density at radius 3 is 2.42 bits per heavy atom. The van der Waals surface area contributed by atoms with Crippen LogP contribution in [0.15, 0.2) is 46.4 Å². The van der Waals surface area contributed by atoms with Crippen LogP contribution in [-0.4, -0.2) is 16.5 Å². The van der Waals surface area contributed by atoms with E-state index in [2.05, 4.69) is 15.8 Å². The highest BCUT2D eigenvalue weighted by Crippen LogP contribution is 2.37. The number of aromatic nitrogens is 1. The molecule has 0 unspecified atom stereocenters. The first-order chi connectivity index (χ1) is 17.2. The van der Waals surface area contributed by atoms with E-state index in [1.54, 1.807) is 51.1 Å². The lowest BCUT2D eigenvalue weighted by Gasteiger charge is -2.22. The third kappa shape index (κ3) is 5.45. The highest BCUT2D eigenvalue weighted by molar-refractivity contribution is 6.03. The molecule has 0 saturated heterocycles. The van der Waals surface area contributed by atoms with Gasteiger partial charge in [-0.05, 0) is 68.6 Å². The molecule has 1 saturated carbocycles. The minimum Gasteiger partial charge on any atom is -0.456 e. The average molecular weight is 495 g/mol. The van der Waals surface area contributed by atoms with Gasteiger partial charge in [0.1, 0.15) is 28.6 Å². The molecule has 0 radical (unpaired) electrons. The van der Waals surface area contributed by atoms with Gasteiger partial charge in [-0.1, -0.05) is 26.0 Å². The molecule has 1 fully saturated rings. The zero-order chi connectivity index (χ0) is 26.6. The molecule has 1 aromatic heterocycles. The van der Waals surface area contributed by atoms with Crippen molar-refractivity contribution in [3.63, 3.8) is 0 Å². The Labute approximate surface area is 209 Å². The van der Waals surface area contributed by atoms with Gasteiger partial charge in [0.2, 0.25) is 0 Å². The molecule has 9 heteroatoms. The Kier molecular flexibility index (Phi) is 8.24. The fraction of sp³-hybridized carbons (Fsp3) is 0.333. The summed E-state index contributed by atoms with van der Waals surface area (Å²) in [4.78, 5) is 37.6. The summed E-state index contributed by atoms with van der Waals surface area (Å²) in [6.07, 6.45) is 1.71. The summed E-state index contributed by atoms with van der Waals surface area (Å²) in [5.41, 5.74) is 1.33. The quantitative estimate of drug-likeness (QED) is 0.375. The van der Waals surface area contributed by atoms with Crippen LogP contribution in [0.4, 0.5) is 21.6 Å². The molecule has 0 atom stereocenters. The van der Waals surface area contributed by atoms with Crippen LogP contribution in [0.1, 0.15) is 53.7 Å². The lowest BCUT2D eigenvalue weighted by molar-refractivity contribution is 0.0948. The number of benzene rings is 2. The van der Waals surface area contributed by atoms with Crippen LogP contribution in [-0.2, 0) is 7.05 Å². The van der Waals surface area contributed by atoms with Gasteiger partial charge in [0.15, 0.2) is 5.75 Å². The van der Waals surface area contributed by atoms with Crippen LogP contribution in [0, 0.1) is 31.5 Å². The Morgan fingerprint density at radius 2 is 1.81 bits per heavy atom. The number of nitrogens with one attached hydrogen (secondary N) is 2.